The van der Waals surface area contributed by atoms with E-state index in [1.807, 2.05) is 24.3 Å². The van der Waals surface area contributed by atoms with Crippen LogP contribution in [0.2, 0.25) is 0 Å². The van der Waals surface area contributed by atoms with E-state index < -0.39 is 5.54 Å². The number of nitrogens with zero attached hydrogens (tertiary/aromatic N) is 1. The molecule has 0 saturated carbocycles. The largest absolute Gasteiger partial charge is 0.497 e. The molecule has 1 aliphatic rings. The van der Waals surface area contributed by atoms with Crippen molar-refractivity contribution in [2.75, 3.05) is 7.11 Å². The second kappa shape index (κ2) is 3.63. The molecule has 0 aliphatic carbocycles. The fourth-order valence-electron chi connectivity index (χ4n) is 1.50. The summed E-state index contributed by atoms with van der Waals surface area (Å²) < 4.78 is 5.07. The Morgan fingerprint density at radius 1 is 1.25 bits per heavy atom. The molecular weight excluding hydrogens is 204 g/mol. The molecule has 84 valence electrons. The Balaban J connectivity index is 2.29. The van der Waals surface area contributed by atoms with E-state index in [1.54, 1.807) is 21.0 Å². The predicted octanol–water partition coefficient (Wildman–Crippen LogP) is 1.35. The van der Waals surface area contributed by atoms with E-state index in [9.17, 15) is 4.79 Å². The number of ether oxygens (including phenoxy) is 1. The monoisotopic (exact) mass is 218 g/mol. The van der Waals surface area contributed by atoms with Crippen LogP contribution >= 0.6 is 0 Å². The molecule has 0 fully saturated rings. The van der Waals surface area contributed by atoms with Gasteiger partial charge in [-0.05, 0) is 38.1 Å². The minimum Gasteiger partial charge on any atom is -0.497 e. The summed E-state index contributed by atoms with van der Waals surface area (Å²) >= 11 is 0. The van der Waals surface area contributed by atoms with Crippen molar-refractivity contribution in [1.82, 2.24) is 5.32 Å². The molecule has 0 atom stereocenters. The highest BCUT2D eigenvalue weighted by atomic mass is 16.5. The molecule has 0 bridgehead atoms. The number of nitrogens with one attached hydrogen (secondary N) is 1. The lowest BCUT2D eigenvalue weighted by Gasteiger charge is -2.07. The topological polar surface area (TPSA) is 50.7 Å². The molecule has 1 amide bonds. The first-order valence-corrected chi connectivity index (χ1v) is 5.09. The summed E-state index contributed by atoms with van der Waals surface area (Å²) in [7, 11) is 1.62. The zero-order valence-electron chi connectivity index (χ0n) is 9.57. The van der Waals surface area contributed by atoms with Gasteiger partial charge in [0, 0.05) is 5.56 Å². The van der Waals surface area contributed by atoms with Crippen LogP contribution in [0.4, 0.5) is 0 Å². The van der Waals surface area contributed by atoms with Crippen molar-refractivity contribution in [3.05, 3.63) is 29.8 Å². The predicted molar refractivity (Wildman–Crippen MR) is 61.8 cm³/mol. The first-order valence-electron chi connectivity index (χ1n) is 5.09. The Kier molecular flexibility index (Phi) is 2.42. The minimum atomic E-state index is -0.671. The van der Waals surface area contributed by atoms with Gasteiger partial charge >= 0.3 is 0 Å². The van der Waals surface area contributed by atoms with Gasteiger partial charge in [0.05, 0.1) is 7.11 Å². The van der Waals surface area contributed by atoms with Crippen molar-refractivity contribution < 1.29 is 9.53 Å². The average molecular weight is 218 g/mol. The molecule has 0 spiro atoms. The molecule has 16 heavy (non-hydrogen) atoms. The first kappa shape index (κ1) is 10.7. The van der Waals surface area contributed by atoms with Gasteiger partial charge < -0.3 is 10.1 Å². The molecular formula is C12H14N2O2. The molecule has 1 heterocycles. The third-order valence-electron chi connectivity index (χ3n) is 2.54. The smallest absolute Gasteiger partial charge is 0.252 e. The van der Waals surface area contributed by atoms with Crippen LogP contribution in [0.25, 0.3) is 0 Å². The highest BCUT2D eigenvalue weighted by Gasteiger charge is 2.34. The summed E-state index contributed by atoms with van der Waals surface area (Å²) in [6.07, 6.45) is 0. The number of amides is 1. The van der Waals surface area contributed by atoms with Crippen molar-refractivity contribution in [1.29, 1.82) is 0 Å². The van der Waals surface area contributed by atoms with E-state index in [1.165, 1.54) is 0 Å². The summed E-state index contributed by atoms with van der Waals surface area (Å²) in [5, 5.41) is 2.77. The Hall–Kier alpha value is -1.84. The zero-order valence-corrected chi connectivity index (χ0v) is 9.57. The lowest BCUT2D eigenvalue weighted by atomic mass is 10.1. The first-order chi connectivity index (χ1) is 7.53. The number of amidine groups is 1. The van der Waals surface area contributed by atoms with E-state index in [-0.39, 0.29) is 5.91 Å². The van der Waals surface area contributed by atoms with E-state index in [4.69, 9.17) is 4.74 Å². The third kappa shape index (κ3) is 1.78. The molecule has 1 aromatic rings. The van der Waals surface area contributed by atoms with Crippen molar-refractivity contribution in [3.8, 4) is 5.75 Å². The molecule has 4 nitrogen and oxygen atoms in total. The maximum absolute atomic E-state index is 11.6. The molecule has 1 aromatic carbocycles. The standard InChI is InChI=1S/C12H14N2O2/c1-12(2)11(15)13-10(14-12)8-4-6-9(16-3)7-5-8/h4-7H,1-3H3,(H,13,14,15). The van der Waals surface area contributed by atoms with E-state index in [0.717, 1.165) is 11.3 Å². The Labute approximate surface area is 94.3 Å². The average Bonchev–Trinajstić information content (AvgIpc) is 2.54. The van der Waals surface area contributed by atoms with Gasteiger partial charge in [-0.15, -0.1) is 0 Å². The van der Waals surface area contributed by atoms with Crippen LogP contribution in [0.1, 0.15) is 19.4 Å². The highest BCUT2D eigenvalue weighted by Crippen LogP contribution is 2.19. The summed E-state index contributed by atoms with van der Waals surface area (Å²) in [6.45, 7) is 3.58. The summed E-state index contributed by atoms with van der Waals surface area (Å²) in [5.41, 5.74) is 0.217. The number of methoxy groups -OCH3 is 1. The fraction of sp³-hybridized carbons (Fsp3) is 0.333. The van der Waals surface area contributed by atoms with E-state index in [2.05, 4.69) is 10.3 Å². The second-order valence-corrected chi connectivity index (χ2v) is 4.20. The van der Waals surface area contributed by atoms with E-state index in [0.29, 0.717) is 5.84 Å². The number of carbonyl (C=O) groups is 1. The Bertz CT molecular complexity index is 447. The van der Waals surface area contributed by atoms with Gasteiger partial charge in [-0.2, -0.15) is 0 Å². The van der Waals surface area contributed by atoms with Crippen molar-refractivity contribution in [3.63, 3.8) is 0 Å². The lowest BCUT2D eigenvalue weighted by Crippen LogP contribution is -2.34. The molecule has 0 saturated heterocycles. The van der Waals surface area contributed by atoms with Gasteiger partial charge in [-0.3, -0.25) is 9.79 Å². The van der Waals surface area contributed by atoms with Gasteiger partial charge in [-0.25, -0.2) is 0 Å². The fourth-order valence-corrected chi connectivity index (χ4v) is 1.50. The van der Waals surface area contributed by atoms with Crippen LogP contribution in [-0.4, -0.2) is 24.4 Å². The van der Waals surface area contributed by atoms with Crippen LogP contribution in [0.5, 0.6) is 5.75 Å². The van der Waals surface area contributed by atoms with Gasteiger partial charge in [0.15, 0.2) is 0 Å². The summed E-state index contributed by atoms with van der Waals surface area (Å²) in [6, 6.07) is 7.43. The number of benzene rings is 1. The third-order valence-corrected chi connectivity index (χ3v) is 2.54. The highest BCUT2D eigenvalue weighted by molar-refractivity contribution is 6.15. The molecule has 1 aliphatic heterocycles. The number of carbonyl (C=O) groups excluding carboxylic acids is 1. The molecule has 4 heteroatoms. The van der Waals surface area contributed by atoms with Crippen molar-refractivity contribution in [2.45, 2.75) is 19.4 Å². The van der Waals surface area contributed by atoms with Crippen LogP contribution in [0.15, 0.2) is 29.3 Å². The normalized spacial score (nSPS) is 17.9. The summed E-state index contributed by atoms with van der Waals surface area (Å²) in [5.74, 6) is 1.34. The maximum atomic E-state index is 11.6. The molecule has 2 rings (SSSR count). The maximum Gasteiger partial charge on any atom is 0.252 e. The van der Waals surface area contributed by atoms with Gasteiger partial charge in [0.2, 0.25) is 0 Å². The van der Waals surface area contributed by atoms with Crippen molar-refractivity contribution >= 4 is 11.7 Å². The zero-order chi connectivity index (χ0) is 11.8. The lowest BCUT2D eigenvalue weighted by molar-refractivity contribution is -0.122. The molecule has 1 N–H and O–H groups in total. The van der Waals surface area contributed by atoms with Crippen LogP contribution in [0.3, 0.4) is 0 Å². The molecule has 0 unspecified atom stereocenters. The van der Waals surface area contributed by atoms with Crippen LogP contribution < -0.4 is 10.1 Å². The number of hydrogen-bond acceptors (Lipinski definition) is 3. The van der Waals surface area contributed by atoms with Crippen LogP contribution in [0, 0.1) is 0 Å². The van der Waals surface area contributed by atoms with Gasteiger partial charge in [0.1, 0.15) is 17.1 Å². The van der Waals surface area contributed by atoms with Crippen molar-refractivity contribution in [2.24, 2.45) is 4.99 Å². The van der Waals surface area contributed by atoms with Gasteiger partial charge in [-0.1, -0.05) is 0 Å². The molecule has 0 aromatic heterocycles. The quantitative estimate of drug-likeness (QED) is 0.814. The van der Waals surface area contributed by atoms with Gasteiger partial charge in [0.25, 0.3) is 5.91 Å². The number of aliphatic imine (C=N–C) groups is 1. The van der Waals surface area contributed by atoms with E-state index >= 15 is 0 Å². The number of rotatable bonds is 2. The number of hydrogen-bond donors (Lipinski definition) is 1. The van der Waals surface area contributed by atoms with Crippen LogP contribution in [-0.2, 0) is 4.79 Å². The minimum absolute atomic E-state index is 0.0710. The summed E-state index contributed by atoms with van der Waals surface area (Å²) in [4.78, 5) is 15.9. The Morgan fingerprint density at radius 3 is 2.31 bits per heavy atom. The Morgan fingerprint density at radius 2 is 1.88 bits per heavy atom. The SMILES string of the molecule is COc1ccc(C2=NC(C)(C)C(=O)N2)cc1. The molecule has 0 radical (unpaired) electrons. The second-order valence-electron chi connectivity index (χ2n) is 4.20.